The predicted molar refractivity (Wildman–Crippen MR) is 117 cm³/mol. The number of nitrogens with zero attached hydrogens (tertiary/aromatic N) is 4. The van der Waals surface area contributed by atoms with Gasteiger partial charge in [0.15, 0.2) is 0 Å². The molecule has 1 aliphatic heterocycles. The number of unbranched alkanes of at least 4 members (excludes halogenated alkanes) is 1. The average molecular weight is 389 g/mol. The summed E-state index contributed by atoms with van der Waals surface area (Å²) in [5.41, 5.74) is 4.43. The second-order valence-corrected chi connectivity index (χ2v) is 7.80. The van der Waals surface area contributed by atoms with E-state index in [0.717, 1.165) is 66.0 Å². The van der Waals surface area contributed by atoms with Crippen LogP contribution in [0.15, 0.2) is 48.8 Å². The lowest BCUT2D eigenvalue weighted by atomic mass is 10.0. The van der Waals surface area contributed by atoms with Crippen molar-refractivity contribution in [2.24, 2.45) is 0 Å². The van der Waals surface area contributed by atoms with Crippen LogP contribution >= 0.6 is 0 Å². The predicted octanol–water partition coefficient (Wildman–Crippen LogP) is 4.16. The van der Waals surface area contributed by atoms with Crippen LogP contribution in [-0.4, -0.2) is 58.4 Å². The van der Waals surface area contributed by atoms with Crippen molar-refractivity contribution < 1.29 is 4.79 Å². The van der Waals surface area contributed by atoms with Gasteiger partial charge in [0.1, 0.15) is 0 Å². The minimum absolute atomic E-state index is 0.100. The van der Waals surface area contributed by atoms with E-state index < -0.39 is 0 Å². The first-order valence-corrected chi connectivity index (χ1v) is 10.5. The Kier molecular flexibility index (Phi) is 5.86. The highest BCUT2D eigenvalue weighted by Crippen LogP contribution is 2.26. The third-order valence-electron chi connectivity index (χ3n) is 5.64. The van der Waals surface area contributed by atoms with Crippen LogP contribution in [0.3, 0.4) is 0 Å². The van der Waals surface area contributed by atoms with E-state index in [1.165, 1.54) is 12.8 Å². The lowest BCUT2D eigenvalue weighted by Crippen LogP contribution is -2.48. The molecule has 1 amide bonds. The van der Waals surface area contributed by atoms with Crippen LogP contribution < -0.4 is 0 Å². The number of hydrogen-bond acceptors (Lipinski definition) is 4. The van der Waals surface area contributed by atoms with Crippen molar-refractivity contribution in [3.63, 3.8) is 0 Å². The van der Waals surface area contributed by atoms with Gasteiger partial charge in [0.25, 0.3) is 5.91 Å². The van der Waals surface area contributed by atoms with Crippen molar-refractivity contribution in [2.45, 2.75) is 26.7 Å². The summed E-state index contributed by atoms with van der Waals surface area (Å²) < 4.78 is 0. The first-order valence-electron chi connectivity index (χ1n) is 10.5. The second-order valence-electron chi connectivity index (χ2n) is 7.80. The molecular weight excluding hydrogens is 360 g/mol. The Morgan fingerprint density at radius 3 is 2.66 bits per heavy atom. The molecule has 2 aromatic heterocycles. The largest absolute Gasteiger partial charge is 0.336 e. The molecule has 0 N–H and O–H groups in total. The summed E-state index contributed by atoms with van der Waals surface area (Å²) in [6, 6.07) is 11.9. The summed E-state index contributed by atoms with van der Waals surface area (Å²) in [6.45, 7) is 8.85. The summed E-state index contributed by atoms with van der Waals surface area (Å²) in [5.74, 6) is 0.100. The molecule has 1 saturated heterocycles. The van der Waals surface area contributed by atoms with Gasteiger partial charge in [-0.2, -0.15) is 0 Å². The quantitative estimate of drug-likeness (QED) is 0.658. The third-order valence-corrected chi connectivity index (χ3v) is 5.64. The Morgan fingerprint density at radius 1 is 1.10 bits per heavy atom. The van der Waals surface area contributed by atoms with Crippen molar-refractivity contribution in [3.05, 3.63) is 59.9 Å². The number of benzene rings is 1. The molecule has 1 aliphatic rings. The van der Waals surface area contributed by atoms with Crippen LogP contribution in [-0.2, 0) is 0 Å². The molecule has 5 nitrogen and oxygen atoms in total. The van der Waals surface area contributed by atoms with E-state index in [2.05, 4.69) is 29.8 Å². The van der Waals surface area contributed by atoms with E-state index in [1.54, 1.807) is 12.4 Å². The summed E-state index contributed by atoms with van der Waals surface area (Å²) in [6.07, 6.45) is 5.97. The van der Waals surface area contributed by atoms with E-state index in [4.69, 9.17) is 4.98 Å². The third kappa shape index (κ3) is 4.30. The van der Waals surface area contributed by atoms with Crippen molar-refractivity contribution in [3.8, 4) is 11.3 Å². The Balaban J connectivity index is 1.67. The molecule has 0 saturated carbocycles. The summed E-state index contributed by atoms with van der Waals surface area (Å²) in [5, 5.41) is 0.927. The van der Waals surface area contributed by atoms with Crippen LogP contribution in [0.25, 0.3) is 22.2 Å². The molecule has 5 heteroatoms. The summed E-state index contributed by atoms with van der Waals surface area (Å²) >= 11 is 0. The van der Waals surface area contributed by atoms with E-state index in [-0.39, 0.29) is 5.91 Å². The van der Waals surface area contributed by atoms with Crippen LogP contribution in [0.1, 0.15) is 35.7 Å². The van der Waals surface area contributed by atoms with Crippen molar-refractivity contribution >= 4 is 16.8 Å². The molecule has 0 bridgehead atoms. The minimum atomic E-state index is 0.100. The Labute approximate surface area is 172 Å². The Bertz CT molecular complexity index is 994. The van der Waals surface area contributed by atoms with Crippen molar-refractivity contribution in [1.82, 2.24) is 19.8 Å². The van der Waals surface area contributed by atoms with Crippen LogP contribution in [0.5, 0.6) is 0 Å². The first kappa shape index (κ1) is 19.5. The fourth-order valence-electron chi connectivity index (χ4n) is 3.91. The number of aryl methyl sites for hydroxylation is 1. The standard InChI is InChI=1S/C24H28N4O/c1-3-4-10-27-11-13-28(14-12-27)24(29)21-16-23(19-6-5-9-25-17-19)26-22-8-7-18(2)15-20(21)22/h5-9,15-17H,3-4,10-14H2,1-2H3. The SMILES string of the molecule is CCCCN1CCN(C(=O)c2cc(-c3cccnc3)nc3ccc(C)cc23)CC1. The van der Waals surface area contributed by atoms with Crippen molar-refractivity contribution in [2.75, 3.05) is 32.7 Å². The van der Waals surface area contributed by atoms with Gasteiger partial charge in [-0.25, -0.2) is 4.98 Å². The molecule has 4 rings (SSSR count). The maximum Gasteiger partial charge on any atom is 0.254 e. The Morgan fingerprint density at radius 2 is 1.93 bits per heavy atom. The monoisotopic (exact) mass is 388 g/mol. The van der Waals surface area contributed by atoms with Gasteiger partial charge in [-0.05, 0) is 50.2 Å². The van der Waals surface area contributed by atoms with Gasteiger partial charge in [-0.15, -0.1) is 0 Å². The lowest BCUT2D eigenvalue weighted by Gasteiger charge is -2.35. The zero-order chi connectivity index (χ0) is 20.2. The molecule has 0 radical (unpaired) electrons. The molecule has 0 atom stereocenters. The zero-order valence-corrected chi connectivity index (χ0v) is 17.3. The number of amides is 1. The number of rotatable bonds is 5. The maximum atomic E-state index is 13.5. The number of hydrogen-bond donors (Lipinski definition) is 0. The maximum absolute atomic E-state index is 13.5. The number of pyridine rings is 2. The summed E-state index contributed by atoms with van der Waals surface area (Å²) in [4.78, 5) is 27.0. The Hall–Kier alpha value is -2.79. The lowest BCUT2D eigenvalue weighted by molar-refractivity contribution is 0.0637. The first-order chi connectivity index (χ1) is 14.2. The molecule has 0 spiro atoms. The molecule has 1 fully saturated rings. The molecular formula is C24H28N4O. The van der Waals surface area contributed by atoms with Crippen LogP contribution in [0, 0.1) is 6.92 Å². The van der Waals surface area contributed by atoms with Gasteiger partial charge in [0.2, 0.25) is 0 Å². The molecule has 29 heavy (non-hydrogen) atoms. The van der Waals surface area contributed by atoms with Gasteiger partial charge in [0, 0.05) is 49.5 Å². The van der Waals surface area contributed by atoms with E-state index in [0.29, 0.717) is 0 Å². The highest BCUT2D eigenvalue weighted by molar-refractivity contribution is 6.07. The normalized spacial score (nSPS) is 15.0. The topological polar surface area (TPSA) is 49.3 Å². The van der Waals surface area contributed by atoms with Gasteiger partial charge in [0.05, 0.1) is 16.8 Å². The number of fused-ring (bicyclic) bond motifs is 1. The van der Waals surface area contributed by atoms with Crippen molar-refractivity contribution in [1.29, 1.82) is 0 Å². The number of carbonyl (C=O) groups is 1. The minimum Gasteiger partial charge on any atom is -0.336 e. The number of carbonyl (C=O) groups excluding carboxylic acids is 1. The van der Waals surface area contributed by atoms with E-state index >= 15 is 0 Å². The highest BCUT2D eigenvalue weighted by atomic mass is 16.2. The molecule has 3 heterocycles. The average Bonchev–Trinajstić information content (AvgIpc) is 2.77. The molecule has 150 valence electrons. The van der Waals surface area contributed by atoms with E-state index in [1.807, 2.05) is 35.2 Å². The van der Waals surface area contributed by atoms with Gasteiger partial charge >= 0.3 is 0 Å². The van der Waals surface area contributed by atoms with Gasteiger partial charge in [-0.1, -0.05) is 25.0 Å². The highest BCUT2D eigenvalue weighted by Gasteiger charge is 2.24. The fourth-order valence-corrected chi connectivity index (χ4v) is 3.91. The van der Waals surface area contributed by atoms with Gasteiger partial charge < -0.3 is 4.90 Å². The van der Waals surface area contributed by atoms with Crippen LogP contribution in [0.4, 0.5) is 0 Å². The molecule has 0 unspecified atom stereocenters. The molecule has 1 aromatic carbocycles. The second kappa shape index (κ2) is 8.70. The zero-order valence-electron chi connectivity index (χ0n) is 17.3. The fraction of sp³-hybridized carbons (Fsp3) is 0.375. The van der Waals surface area contributed by atoms with E-state index in [9.17, 15) is 4.79 Å². The molecule has 3 aromatic rings. The smallest absolute Gasteiger partial charge is 0.254 e. The van der Waals surface area contributed by atoms with Crippen LogP contribution in [0.2, 0.25) is 0 Å². The summed E-state index contributed by atoms with van der Waals surface area (Å²) in [7, 11) is 0. The molecule has 0 aliphatic carbocycles. The number of aromatic nitrogens is 2. The van der Waals surface area contributed by atoms with Gasteiger partial charge in [-0.3, -0.25) is 14.7 Å². The number of piperazine rings is 1.